The van der Waals surface area contributed by atoms with Crippen molar-refractivity contribution in [2.45, 2.75) is 19.3 Å². The van der Waals surface area contributed by atoms with Crippen LogP contribution in [-0.4, -0.2) is 13.6 Å². The number of nitrogens with one attached hydrogen (secondary N) is 1. The van der Waals surface area contributed by atoms with Gasteiger partial charge in [-0.3, -0.25) is 0 Å². The number of halogens is 2. The van der Waals surface area contributed by atoms with E-state index in [4.69, 9.17) is 11.6 Å². The van der Waals surface area contributed by atoms with E-state index in [0.29, 0.717) is 6.54 Å². The summed E-state index contributed by atoms with van der Waals surface area (Å²) in [4.78, 5) is 0. The molecule has 3 heteroatoms. The molecule has 1 nitrogen and oxygen atoms in total. The summed E-state index contributed by atoms with van der Waals surface area (Å²) in [6, 6.07) is 13.0. The van der Waals surface area contributed by atoms with E-state index in [0.717, 1.165) is 28.1 Å². The highest BCUT2D eigenvalue weighted by Gasteiger charge is 2.16. The number of hydrogen-bond acceptors (Lipinski definition) is 1. The van der Waals surface area contributed by atoms with Gasteiger partial charge in [-0.25, -0.2) is 4.39 Å². The Kier molecular flexibility index (Phi) is 5.16. The van der Waals surface area contributed by atoms with Gasteiger partial charge in [0.25, 0.3) is 0 Å². The summed E-state index contributed by atoms with van der Waals surface area (Å²) in [6.07, 6.45) is 0.723. The Hall–Kier alpha value is -1.38. The molecule has 0 fully saturated rings. The molecule has 0 bridgehead atoms. The van der Waals surface area contributed by atoms with Gasteiger partial charge in [0.15, 0.2) is 0 Å². The van der Waals surface area contributed by atoms with Gasteiger partial charge < -0.3 is 5.32 Å². The zero-order valence-electron chi connectivity index (χ0n) is 11.8. The minimum atomic E-state index is -0.156. The van der Waals surface area contributed by atoms with Crippen molar-refractivity contribution >= 4 is 11.6 Å². The number of likely N-dealkylation sites (N-methyl/N-ethyl adjacent to an activating group) is 1. The van der Waals surface area contributed by atoms with E-state index in [1.54, 1.807) is 6.07 Å². The van der Waals surface area contributed by atoms with Crippen molar-refractivity contribution in [1.29, 1.82) is 0 Å². The lowest BCUT2D eigenvalue weighted by atomic mass is 9.91. The van der Waals surface area contributed by atoms with E-state index in [2.05, 4.69) is 5.32 Å². The highest BCUT2D eigenvalue weighted by molar-refractivity contribution is 6.31. The molecule has 0 saturated carbocycles. The van der Waals surface area contributed by atoms with Crippen LogP contribution in [0.5, 0.6) is 0 Å². The Morgan fingerprint density at radius 2 is 1.95 bits per heavy atom. The first-order valence-electron chi connectivity index (χ1n) is 6.76. The Balaban J connectivity index is 2.28. The van der Waals surface area contributed by atoms with Crippen LogP contribution < -0.4 is 5.32 Å². The van der Waals surface area contributed by atoms with Crippen LogP contribution in [0.3, 0.4) is 0 Å². The number of rotatable bonds is 5. The van der Waals surface area contributed by atoms with Crippen LogP contribution in [0.4, 0.5) is 4.39 Å². The van der Waals surface area contributed by atoms with Crippen LogP contribution in [-0.2, 0) is 6.42 Å². The van der Waals surface area contributed by atoms with E-state index in [1.165, 1.54) is 6.07 Å². The van der Waals surface area contributed by atoms with Gasteiger partial charge >= 0.3 is 0 Å². The third-order valence-electron chi connectivity index (χ3n) is 3.47. The summed E-state index contributed by atoms with van der Waals surface area (Å²) in [5.74, 6) is -0.0857. The van der Waals surface area contributed by atoms with Crippen LogP contribution in [0, 0.1) is 12.7 Å². The third kappa shape index (κ3) is 3.59. The standard InChI is InChI=1S/C17H19ClFN/c1-12-7-8-13(16(18)9-12)10-14(11-20-2)15-5-3-4-6-17(15)19/h3-9,14,20H,10-11H2,1-2H3. The second-order valence-electron chi connectivity index (χ2n) is 5.08. The molecule has 0 heterocycles. The topological polar surface area (TPSA) is 12.0 Å². The van der Waals surface area contributed by atoms with Gasteiger partial charge in [-0.2, -0.15) is 0 Å². The Morgan fingerprint density at radius 1 is 1.20 bits per heavy atom. The predicted octanol–water partition coefficient (Wildman–Crippen LogP) is 4.33. The van der Waals surface area contributed by atoms with Crippen LogP contribution in [0.2, 0.25) is 5.02 Å². The molecule has 0 amide bonds. The maximum atomic E-state index is 14.0. The lowest BCUT2D eigenvalue weighted by Gasteiger charge is -2.18. The van der Waals surface area contributed by atoms with Crippen LogP contribution in [0.1, 0.15) is 22.6 Å². The summed E-state index contributed by atoms with van der Waals surface area (Å²) in [5.41, 5.74) is 2.93. The van der Waals surface area contributed by atoms with Gasteiger partial charge in [0.1, 0.15) is 5.82 Å². The molecule has 2 aromatic rings. The van der Waals surface area contributed by atoms with Crippen molar-refractivity contribution in [1.82, 2.24) is 5.32 Å². The molecule has 0 radical (unpaired) electrons. The molecule has 1 N–H and O–H groups in total. The van der Waals surface area contributed by atoms with Crippen LogP contribution >= 0.6 is 11.6 Å². The average Bonchev–Trinajstić information content (AvgIpc) is 2.42. The highest BCUT2D eigenvalue weighted by atomic mass is 35.5. The van der Waals surface area contributed by atoms with Crippen molar-refractivity contribution < 1.29 is 4.39 Å². The fourth-order valence-corrected chi connectivity index (χ4v) is 2.74. The number of hydrogen-bond donors (Lipinski definition) is 1. The molecule has 0 aliphatic heterocycles. The van der Waals surface area contributed by atoms with Crippen LogP contribution in [0.15, 0.2) is 42.5 Å². The van der Waals surface area contributed by atoms with E-state index in [-0.39, 0.29) is 11.7 Å². The molecular weight excluding hydrogens is 273 g/mol. The highest BCUT2D eigenvalue weighted by Crippen LogP contribution is 2.27. The van der Waals surface area contributed by atoms with Gasteiger partial charge in [0, 0.05) is 17.5 Å². The Morgan fingerprint density at radius 3 is 2.60 bits per heavy atom. The monoisotopic (exact) mass is 291 g/mol. The summed E-state index contributed by atoms with van der Waals surface area (Å²) in [5, 5.41) is 3.89. The Bertz CT molecular complexity index is 583. The summed E-state index contributed by atoms with van der Waals surface area (Å²) >= 11 is 6.29. The summed E-state index contributed by atoms with van der Waals surface area (Å²) in [7, 11) is 1.88. The zero-order valence-corrected chi connectivity index (χ0v) is 12.5. The first-order chi connectivity index (χ1) is 9.61. The van der Waals surface area contributed by atoms with E-state index < -0.39 is 0 Å². The van der Waals surface area contributed by atoms with Crippen molar-refractivity contribution in [2.75, 3.05) is 13.6 Å². The zero-order chi connectivity index (χ0) is 14.5. The van der Waals surface area contributed by atoms with Gasteiger partial charge in [0.2, 0.25) is 0 Å². The van der Waals surface area contributed by atoms with E-state index in [9.17, 15) is 4.39 Å². The summed E-state index contributed by atoms with van der Waals surface area (Å²) < 4.78 is 14.0. The molecule has 1 atom stereocenters. The van der Waals surface area contributed by atoms with Gasteiger partial charge in [-0.15, -0.1) is 0 Å². The molecule has 0 spiro atoms. The molecule has 0 saturated heterocycles. The van der Waals surface area contributed by atoms with Crippen molar-refractivity contribution in [3.63, 3.8) is 0 Å². The van der Waals surface area contributed by atoms with Gasteiger partial charge in [-0.05, 0) is 49.2 Å². The minimum Gasteiger partial charge on any atom is -0.319 e. The van der Waals surface area contributed by atoms with Crippen molar-refractivity contribution in [3.8, 4) is 0 Å². The van der Waals surface area contributed by atoms with Crippen LogP contribution in [0.25, 0.3) is 0 Å². The smallest absolute Gasteiger partial charge is 0.126 e. The summed E-state index contributed by atoms with van der Waals surface area (Å²) in [6.45, 7) is 2.72. The molecule has 106 valence electrons. The minimum absolute atomic E-state index is 0.0707. The molecule has 0 aromatic heterocycles. The van der Waals surface area contributed by atoms with Crippen molar-refractivity contribution in [3.05, 3.63) is 70.0 Å². The molecule has 0 aliphatic rings. The van der Waals surface area contributed by atoms with Gasteiger partial charge in [0.05, 0.1) is 0 Å². The van der Waals surface area contributed by atoms with Gasteiger partial charge in [-0.1, -0.05) is 41.9 Å². The molecular formula is C17H19ClFN. The quantitative estimate of drug-likeness (QED) is 0.864. The first-order valence-corrected chi connectivity index (χ1v) is 7.13. The lowest BCUT2D eigenvalue weighted by Crippen LogP contribution is -2.20. The fraction of sp³-hybridized carbons (Fsp3) is 0.294. The Labute approximate surface area is 124 Å². The number of benzene rings is 2. The van der Waals surface area contributed by atoms with E-state index in [1.807, 2.05) is 44.3 Å². The molecule has 1 unspecified atom stereocenters. The third-order valence-corrected chi connectivity index (χ3v) is 3.82. The lowest BCUT2D eigenvalue weighted by molar-refractivity contribution is 0.556. The number of aryl methyl sites for hydroxylation is 1. The normalized spacial score (nSPS) is 12.4. The molecule has 2 aromatic carbocycles. The van der Waals surface area contributed by atoms with Crippen molar-refractivity contribution in [2.24, 2.45) is 0 Å². The maximum absolute atomic E-state index is 14.0. The SMILES string of the molecule is CNCC(Cc1ccc(C)cc1Cl)c1ccccc1F. The molecule has 2 rings (SSSR count). The average molecular weight is 292 g/mol. The van der Waals surface area contributed by atoms with E-state index >= 15 is 0 Å². The second kappa shape index (κ2) is 6.87. The largest absolute Gasteiger partial charge is 0.319 e. The first kappa shape index (κ1) is 15.0. The second-order valence-corrected chi connectivity index (χ2v) is 5.48. The maximum Gasteiger partial charge on any atom is 0.126 e. The molecule has 0 aliphatic carbocycles. The molecule has 20 heavy (non-hydrogen) atoms. The predicted molar refractivity (Wildman–Crippen MR) is 83.0 cm³/mol. The fourth-order valence-electron chi connectivity index (χ4n) is 2.43.